The normalized spacial score (nSPS) is 10.2. The predicted molar refractivity (Wildman–Crippen MR) is 66.8 cm³/mol. The molecule has 0 fully saturated rings. The SMILES string of the molecule is Nc1ccc(Oc2ccc(N)c(F)c2)c(Cl)c1. The van der Waals surface area contributed by atoms with Gasteiger partial charge in [-0.05, 0) is 30.3 Å². The van der Waals surface area contributed by atoms with Gasteiger partial charge in [0.1, 0.15) is 17.3 Å². The summed E-state index contributed by atoms with van der Waals surface area (Å²) in [7, 11) is 0. The van der Waals surface area contributed by atoms with Crippen LogP contribution in [0.1, 0.15) is 0 Å². The molecule has 0 aliphatic carbocycles. The molecular formula is C12H10ClFN2O. The van der Waals surface area contributed by atoms with Crippen LogP contribution in [0.25, 0.3) is 0 Å². The molecule has 2 aromatic carbocycles. The van der Waals surface area contributed by atoms with Gasteiger partial charge in [-0.1, -0.05) is 11.6 Å². The number of nitrogen functional groups attached to an aromatic ring is 2. The zero-order valence-corrected chi connectivity index (χ0v) is 9.54. The van der Waals surface area contributed by atoms with Crippen molar-refractivity contribution in [3.63, 3.8) is 0 Å². The van der Waals surface area contributed by atoms with E-state index in [1.54, 1.807) is 24.3 Å². The maximum atomic E-state index is 13.2. The Morgan fingerprint density at radius 1 is 1.06 bits per heavy atom. The third-order valence-electron chi connectivity index (χ3n) is 2.16. The van der Waals surface area contributed by atoms with Crippen molar-refractivity contribution in [1.82, 2.24) is 0 Å². The van der Waals surface area contributed by atoms with Gasteiger partial charge in [0.15, 0.2) is 0 Å². The molecule has 0 aromatic heterocycles. The molecule has 0 amide bonds. The molecule has 2 aromatic rings. The van der Waals surface area contributed by atoms with Crippen LogP contribution in [0, 0.1) is 5.82 Å². The Hall–Kier alpha value is -1.94. The lowest BCUT2D eigenvalue weighted by Gasteiger charge is -2.08. The van der Waals surface area contributed by atoms with E-state index in [4.69, 9.17) is 27.8 Å². The zero-order valence-electron chi connectivity index (χ0n) is 8.78. The van der Waals surface area contributed by atoms with Crippen LogP contribution in [-0.4, -0.2) is 0 Å². The van der Waals surface area contributed by atoms with Gasteiger partial charge >= 0.3 is 0 Å². The summed E-state index contributed by atoms with van der Waals surface area (Å²) in [5.41, 5.74) is 11.5. The second-order valence-electron chi connectivity index (χ2n) is 3.48. The van der Waals surface area contributed by atoms with Crippen LogP contribution in [0.5, 0.6) is 11.5 Å². The van der Waals surface area contributed by atoms with Gasteiger partial charge in [-0.2, -0.15) is 0 Å². The molecule has 5 heteroatoms. The van der Waals surface area contributed by atoms with Crippen LogP contribution in [-0.2, 0) is 0 Å². The highest BCUT2D eigenvalue weighted by Gasteiger charge is 2.05. The van der Waals surface area contributed by atoms with Gasteiger partial charge in [-0.25, -0.2) is 4.39 Å². The molecule has 17 heavy (non-hydrogen) atoms. The predicted octanol–water partition coefficient (Wildman–Crippen LogP) is 3.44. The van der Waals surface area contributed by atoms with Crippen molar-refractivity contribution in [1.29, 1.82) is 0 Å². The average molecular weight is 253 g/mol. The molecule has 0 unspecified atom stereocenters. The highest BCUT2D eigenvalue weighted by Crippen LogP contribution is 2.31. The number of hydrogen-bond acceptors (Lipinski definition) is 3. The summed E-state index contributed by atoms with van der Waals surface area (Å²) in [6.07, 6.45) is 0. The number of hydrogen-bond donors (Lipinski definition) is 2. The number of halogens is 2. The quantitative estimate of drug-likeness (QED) is 0.805. The fourth-order valence-electron chi connectivity index (χ4n) is 1.30. The molecule has 0 aliphatic heterocycles. The highest BCUT2D eigenvalue weighted by atomic mass is 35.5. The number of ether oxygens (including phenoxy) is 1. The lowest BCUT2D eigenvalue weighted by atomic mass is 10.3. The number of benzene rings is 2. The molecule has 0 heterocycles. The van der Waals surface area contributed by atoms with Crippen LogP contribution >= 0.6 is 11.6 Å². The van der Waals surface area contributed by atoms with Crippen molar-refractivity contribution in [3.05, 3.63) is 47.2 Å². The molecule has 0 spiro atoms. The lowest BCUT2D eigenvalue weighted by molar-refractivity contribution is 0.477. The summed E-state index contributed by atoms with van der Waals surface area (Å²) in [6, 6.07) is 9.01. The molecule has 0 aliphatic rings. The van der Waals surface area contributed by atoms with Crippen molar-refractivity contribution >= 4 is 23.0 Å². The summed E-state index contributed by atoms with van der Waals surface area (Å²) in [4.78, 5) is 0. The molecular weight excluding hydrogens is 243 g/mol. The fraction of sp³-hybridized carbons (Fsp3) is 0. The molecule has 0 saturated heterocycles. The first-order valence-corrected chi connectivity index (χ1v) is 5.22. The first-order valence-electron chi connectivity index (χ1n) is 4.84. The Kier molecular flexibility index (Phi) is 3.06. The van der Waals surface area contributed by atoms with Crippen molar-refractivity contribution in [2.45, 2.75) is 0 Å². The van der Waals surface area contributed by atoms with Crippen LogP contribution in [0.3, 0.4) is 0 Å². The standard InChI is InChI=1S/C12H10ClFN2O/c13-9-5-7(15)1-4-12(9)17-8-2-3-11(16)10(14)6-8/h1-6H,15-16H2. The molecule has 0 bridgehead atoms. The topological polar surface area (TPSA) is 61.3 Å². The monoisotopic (exact) mass is 252 g/mol. The summed E-state index contributed by atoms with van der Waals surface area (Å²) in [5.74, 6) is 0.197. The van der Waals surface area contributed by atoms with E-state index in [0.717, 1.165) is 0 Å². The lowest BCUT2D eigenvalue weighted by Crippen LogP contribution is -1.92. The molecule has 4 N–H and O–H groups in total. The molecule has 88 valence electrons. The molecule has 3 nitrogen and oxygen atoms in total. The van der Waals surface area contributed by atoms with E-state index < -0.39 is 5.82 Å². The molecule has 0 atom stereocenters. The van der Waals surface area contributed by atoms with Gasteiger partial charge in [-0.15, -0.1) is 0 Å². The Morgan fingerprint density at radius 2 is 1.82 bits per heavy atom. The first-order chi connectivity index (χ1) is 8.06. The number of anilines is 2. The first kappa shape index (κ1) is 11.5. The van der Waals surface area contributed by atoms with E-state index in [9.17, 15) is 4.39 Å². The Balaban J connectivity index is 2.28. The van der Waals surface area contributed by atoms with Gasteiger partial charge in [0.2, 0.25) is 0 Å². The minimum Gasteiger partial charge on any atom is -0.456 e. The summed E-state index contributed by atoms with van der Waals surface area (Å²) in [5, 5.41) is 0.363. The number of rotatable bonds is 2. The fourth-order valence-corrected chi connectivity index (χ4v) is 1.53. The van der Waals surface area contributed by atoms with Crippen molar-refractivity contribution in [2.24, 2.45) is 0 Å². The van der Waals surface area contributed by atoms with Gasteiger partial charge in [0, 0.05) is 11.8 Å². The minimum absolute atomic E-state index is 0.0701. The second kappa shape index (κ2) is 4.51. The van der Waals surface area contributed by atoms with Gasteiger partial charge in [0.25, 0.3) is 0 Å². The van der Waals surface area contributed by atoms with Crippen LogP contribution in [0.4, 0.5) is 15.8 Å². The Labute approximate surface area is 103 Å². The summed E-state index contributed by atoms with van der Waals surface area (Å²) < 4.78 is 18.6. The molecule has 2 rings (SSSR count). The van der Waals surface area contributed by atoms with E-state index in [1.807, 2.05) is 0 Å². The number of nitrogens with two attached hydrogens (primary N) is 2. The van der Waals surface area contributed by atoms with E-state index in [-0.39, 0.29) is 5.69 Å². The van der Waals surface area contributed by atoms with Gasteiger partial charge in [0.05, 0.1) is 10.7 Å². The summed E-state index contributed by atoms with van der Waals surface area (Å²) in [6.45, 7) is 0. The van der Waals surface area contributed by atoms with Crippen LogP contribution < -0.4 is 16.2 Å². The second-order valence-corrected chi connectivity index (χ2v) is 3.88. The van der Waals surface area contributed by atoms with Crippen molar-refractivity contribution < 1.29 is 9.13 Å². The van der Waals surface area contributed by atoms with Crippen molar-refractivity contribution in [2.75, 3.05) is 11.5 Å². The minimum atomic E-state index is -0.533. The van der Waals surface area contributed by atoms with Gasteiger partial charge in [-0.3, -0.25) is 0 Å². The van der Waals surface area contributed by atoms with Crippen LogP contribution in [0.2, 0.25) is 5.02 Å². The maximum absolute atomic E-state index is 13.2. The largest absolute Gasteiger partial charge is 0.456 e. The van der Waals surface area contributed by atoms with E-state index in [0.29, 0.717) is 22.2 Å². The smallest absolute Gasteiger partial charge is 0.149 e. The van der Waals surface area contributed by atoms with Crippen LogP contribution in [0.15, 0.2) is 36.4 Å². The highest BCUT2D eigenvalue weighted by molar-refractivity contribution is 6.32. The molecule has 0 saturated carbocycles. The average Bonchev–Trinajstić information content (AvgIpc) is 2.27. The van der Waals surface area contributed by atoms with E-state index in [1.165, 1.54) is 12.1 Å². The van der Waals surface area contributed by atoms with Gasteiger partial charge < -0.3 is 16.2 Å². The molecule has 0 radical (unpaired) electrons. The Bertz CT molecular complexity index is 560. The van der Waals surface area contributed by atoms with Crippen molar-refractivity contribution in [3.8, 4) is 11.5 Å². The zero-order chi connectivity index (χ0) is 12.4. The van der Waals surface area contributed by atoms with E-state index >= 15 is 0 Å². The maximum Gasteiger partial charge on any atom is 0.149 e. The Morgan fingerprint density at radius 3 is 2.47 bits per heavy atom. The third kappa shape index (κ3) is 2.60. The van der Waals surface area contributed by atoms with E-state index in [2.05, 4.69) is 0 Å². The third-order valence-corrected chi connectivity index (χ3v) is 2.45. The summed E-state index contributed by atoms with van der Waals surface area (Å²) >= 11 is 5.93.